The van der Waals surface area contributed by atoms with Crippen molar-refractivity contribution < 1.29 is 4.79 Å². The molecule has 1 unspecified atom stereocenters. The van der Waals surface area contributed by atoms with Crippen LogP contribution in [0.4, 0.5) is 0 Å². The molecule has 15 heavy (non-hydrogen) atoms. The van der Waals surface area contributed by atoms with Crippen LogP contribution in [0.15, 0.2) is 24.3 Å². The van der Waals surface area contributed by atoms with E-state index in [9.17, 15) is 4.79 Å². The molecule has 1 aromatic carbocycles. The first-order valence-electron chi connectivity index (χ1n) is 5.55. The Morgan fingerprint density at radius 2 is 2.07 bits per heavy atom. The zero-order valence-electron chi connectivity index (χ0n) is 9.36. The lowest BCUT2D eigenvalue weighted by atomic mass is 10.0. The van der Waals surface area contributed by atoms with Crippen LogP contribution in [0.2, 0.25) is 0 Å². The Morgan fingerprint density at radius 1 is 1.33 bits per heavy atom. The van der Waals surface area contributed by atoms with E-state index < -0.39 is 0 Å². The molecule has 1 fully saturated rings. The van der Waals surface area contributed by atoms with Gasteiger partial charge in [0, 0.05) is 13.0 Å². The fraction of sp³-hybridized carbons (Fsp3) is 0.462. The summed E-state index contributed by atoms with van der Waals surface area (Å²) in [6, 6.07) is 8.52. The van der Waals surface area contributed by atoms with Gasteiger partial charge in [-0.2, -0.15) is 0 Å². The van der Waals surface area contributed by atoms with Gasteiger partial charge in [-0.05, 0) is 31.4 Å². The summed E-state index contributed by atoms with van der Waals surface area (Å²) in [7, 11) is 0. The van der Waals surface area contributed by atoms with Crippen LogP contribution in [0.25, 0.3) is 0 Å². The predicted molar refractivity (Wildman–Crippen MR) is 60.5 cm³/mol. The first-order chi connectivity index (χ1) is 7.20. The van der Waals surface area contributed by atoms with E-state index in [1.807, 2.05) is 17.0 Å². The molecule has 0 saturated carbocycles. The van der Waals surface area contributed by atoms with E-state index in [2.05, 4.69) is 26.0 Å². The molecule has 1 atom stereocenters. The molecule has 0 aliphatic carbocycles. The van der Waals surface area contributed by atoms with Gasteiger partial charge in [0.2, 0.25) is 5.91 Å². The number of carbonyl (C=O) groups excluding carboxylic acids is 1. The lowest BCUT2D eigenvalue weighted by molar-refractivity contribution is -0.129. The Kier molecular flexibility index (Phi) is 2.76. The van der Waals surface area contributed by atoms with Crippen LogP contribution < -0.4 is 0 Å². The van der Waals surface area contributed by atoms with E-state index >= 15 is 0 Å². The molecule has 1 heterocycles. The number of hydrogen-bond acceptors (Lipinski definition) is 1. The predicted octanol–water partition coefficient (Wildman–Crippen LogP) is 2.68. The molecular formula is C13H17NO. The first kappa shape index (κ1) is 10.2. The Labute approximate surface area is 90.9 Å². The van der Waals surface area contributed by atoms with E-state index in [1.165, 1.54) is 11.1 Å². The molecule has 0 aromatic heterocycles. The Balaban J connectivity index is 2.24. The van der Waals surface area contributed by atoms with Crippen LogP contribution in [-0.4, -0.2) is 17.4 Å². The van der Waals surface area contributed by atoms with Crippen molar-refractivity contribution in [1.82, 2.24) is 4.90 Å². The summed E-state index contributed by atoms with van der Waals surface area (Å²) in [5, 5.41) is 0. The minimum atomic E-state index is 0.223. The number of likely N-dealkylation sites (tertiary alicyclic amines) is 1. The van der Waals surface area contributed by atoms with Crippen molar-refractivity contribution >= 4 is 5.91 Å². The third-order valence-electron chi connectivity index (χ3n) is 3.22. The van der Waals surface area contributed by atoms with Gasteiger partial charge < -0.3 is 4.90 Å². The molecule has 0 spiro atoms. The molecule has 2 nitrogen and oxygen atoms in total. The summed E-state index contributed by atoms with van der Waals surface area (Å²) >= 11 is 0. The lowest BCUT2D eigenvalue weighted by Crippen LogP contribution is -2.28. The highest BCUT2D eigenvalue weighted by Crippen LogP contribution is 2.27. The standard InChI is InChI=1S/C13H17NO/c1-10-6-3-4-7-12(10)11(2)14-9-5-8-13(14)15/h3-4,6-7,11H,5,8-9H2,1-2H3. The Morgan fingerprint density at radius 3 is 2.67 bits per heavy atom. The van der Waals surface area contributed by atoms with E-state index in [4.69, 9.17) is 0 Å². The number of hydrogen-bond donors (Lipinski definition) is 0. The van der Waals surface area contributed by atoms with E-state index in [-0.39, 0.29) is 6.04 Å². The average molecular weight is 203 g/mol. The highest BCUT2D eigenvalue weighted by atomic mass is 16.2. The van der Waals surface area contributed by atoms with Gasteiger partial charge in [-0.15, -0.1) is 0 Å². The Hall–Kier alpha value is -1.31. The number of rotatable bonds is 2. The van der Waals surface area contributed by atoms with Crippen LogP contribution in [0.1, 0.15) is 36.9 Å². The minimum absolute atomic E-state index is 0.223. The lowest BCUT2D eigenvalue weighted by Gasteiger charge is -2.25. The average Bonchev–Trinajstić information content (AvgIpc) is 2.64. The molecular weight excluding hydrogens is 186 g/mol. The van der Waals surface area contributed by atoms with Gasteiger partial charge >= 0.3 is 0 Å². The summed E-state index contributed by atoms with van der Waals surface area (Å²) in [6.45, 7) is 5.13. The van der Waals surface area contributed by atoms with Crippen LogP contribution in [0.3, 0.4) is 0 Å². The molecule has 0 bridgehead atoms. The smallest absolute Gasteiger partial charge is 0.223 e. The quantitative estimate of drug-likeness (QED) is 0.723. The summed E-state index contributed by atoms with van der Waals surface area (Å²) < 4.78 is 0. The molecule has 1 aliphatic heterocycles. The third kappa shape index (κ3) is 1.89. The molecule has 80 valence electrons. The molecule has 1 saturated heterocycles. The second-order valence-electron chi connectivity index (χ2n) is 4.22. The van der Waals surface area contributed by atoms with Crippen molar-refractivity contribution in [3.63, 3.8) is 0 Å². The number of carbonyl (C=O) groups is 1. The van der Waals surface area contributed by atoms with Gasteiger partial charge in [0.1, 0.15) is 0 Å². The summed E-state index contributed by atoms with van der Waals surface area (Å²) in [4.78, 5) is 13.6. The largest absolute Gasteiger partial charge is 0.336 e. The molecule has 2 heteroatoms. The molecule has 2 rings (SSSR count). The van der Waals surface area contributed by atoms with E-state index in [0.717, 1.165) is 19.4 Å². The fourth-order valence-corrected chi connectivity index (χ4v) is 2.30. The van der Waals surface area contributed by atoms with Crippen molar-refractivity contribution in [1.29, 1.82) is 0 Å². The first-order valence-corrected chi connectivity index (χ1v) is 5.55. The maximum absolute atomic E-state index is 11.6. The van der Waals surface area contributed by atoms with Gasteiger partial charge in [0.05, 0.1) is 6.04 Å². The van der Waals surface area contributed by atoms with E-state index in [1.54, 1.807) is 0 Å². The van der Waals surface area contributed by atoms with Crippen LogP contribution >= 0.6 is 0 Å². The van der Waals surface area contributed by atoms with Gasteiger partial charge in [-0.3, -0.25) is 4.79 Å². The van der Waals surface area contributed by atoms with Crippen molar-refractivity contribution in [3.8, 4) is 0 Å². The van der Waals surface area contributed by atoms with Gasteiger partial charge in [-0.1, -0.05) is 24.3 Å². The normalized spacial score (nSPS) is 18.3. The van der Waals surface area contributed by atoms with E-state index in [0.29, 0.717) is 5.91 Å². The monoisotopic (exact) mass is 203 g/mol. The second kappa shape index (κ2) is 4.05. The van der Waals surface area contributed by atoms with Crippen molar-refractivity contribution in [2.24, 2.45) is 0 Å². The molecule has 1 amide bonds. The summed E-state index contributed by atoms with van der Waals surface area (Å²) in [5.74, 6) is 0.297. The van der Waals surface area contributed by atoms with Crippen LogP contribution in [0.5, 0.6) is 0 Å². The zero-order chi connectivity index (χ0) is 10.8. The summed E-state index contributed by atoms with van der Waals surface area (Å²) in [5.41, 5.74) is 2.54. The fourth-order valence-electron chi connectivity index (χ4n) is 2.30. The van der Waals surface area contributed by atoms with Gasteiger partial charge in [-0.25, -0.2) is 0 Å². The van der Waals surface area contributed by atoms with Crippen LogP contribution in [-0.2, 0) is 4.79 Å². The Bertz CT molecular complexity index is 373. The third-order valence-corrected chi connectivity index (χ3v) is 3.22. The maximum Gasteiger partial charge on any atom is 0.223 e. The summed E-state index contributed by atoms with van der Waals surface area (Å²) in [6.07, 6.45) is 1.73. The van der Waals surface area contributed by atoms with Gasteiger partial charge in [0.15, 0.2) is 0 Å². The molecule has 0 N–H and O–H groups in total. The number of amides is 1. The number of benzene rings is 1. The minimum Gasteiger partial charge on any atom is -0.336 e. The van der Waals surface area contributed by atoms with Crippen molar-refractivity contribution in [3.05, 3.63) is 35.4 Å². The SMILES string of the molecule is Cc1ccccc1C(C)N1CCCC1=O. The molecule has 1 aliphatic rings. The second-order valence-corrected chi connectivity index (χ2v) is 4.22. The van der Waals surface area contributed by atoms with Crippen molar-refractivity contribution in [2.45, 2.75) is 32.7 Å². The highest BCUT2D eigenvalue weighted by Gasteiger charge is 2.26. The topological polar surface area (TPSA) is 20.3 Å². The zero-order valence-corrected chi connectivity index (χ0v) is 9.36. The number of nitrogens with zero attached hydrogens (tertiary/aromatic N) is 1. The van der Waals surface area contributed by atoms with Gasteiger partial charge in [0.25, 0.3) is 0 Å². The molecule has 0 radical (unpaired) electrons. The maximum atomic E-state index is 11.6. The van der Waals surface area contributed by atoms with Crippen molar-refractivity contribution in [2.75, 3.05) is 6.54 Å². The molecule has 1 aromatic rings. The number of aryl methyl sites for hydroxylation is 1. The highest BCUT2D eigenvalue weighted by molar-refractivity contribution is 5.78. The van der Waals surface area contributed by atoms with Crippen LogP contribution in [0, 0.1) is 6.92 Å².